The highest BCUT2D eigenvalue weighted by Gasteiger charge is 2.51. The number of carbonyl (C=O) groups is 2. The molecule has 11 heteroatoms. The van der Waals surface area contributed by atoms with Crippen molar-refractivity contribution >= 4 is 56.8 Å². The Kier molecular flexibility index (Phi) is 17.8. The fourth-order valence-corrected chi connectivity index (χ4v) is 17.2. The zero-order valence-corrected chi connectivity index (χ0v) is 44.9. The molecular weight excluding hydrogens is 984 g/mol. The molecule has 9 rings (SSSR count). The van der Waals surface area contributed by atoms with Gasteiger partial charge in [-0.1, -0.05) is 175 Å². The Morgan fingerprint density at radius 3 is 1.68 bits per heavy atom. The Hall–Kier alpha value is -5.36. The molecule has 2 saturated heterocycles. The van der Waals surface area contributed by atoms with Gasteiger partial charge in [-0.05, 0) is 130 Å². The van der Waals surface area contributed by atoms with Gasteiger partial charge in [0.2, 0.25) is 5.91 Å². The summed E-state index contributed by atoms with van der Waals surface area (Å²) in [4.78, 5) is 43.1. The van der Waals surface area contributed by atoms with Crippen LogP contribution in [0.1, 0.15) is 53.9 Å². The summed E-state index contributed by atoms with van der Waals surface area (Å²) >= 11 is 14.8. The first kappa shape index (κ1) is 52.5. The third-order valence-corrected chi connectivity index (χ3v) is 21.3. The van der Waals surface area contributed by atoms with Gasteiger partial charge in [0.15, 0.2) is 0 Å². The van der Waals surface area contributed by atoms with Crippen molar-refractivity contribution in [1.29, 1.82) is 0 Å². The summed E-state index contributed by atoms with van der Waals surface area (Å²) in [5, 5.41) is 5.77. The van der Waals surface area contributed by atoms with Crippen LogP contribution in [0.4, 0.5) is 0 Å². The summed E-state index contributed by atoms with van der Waals surface area (Å²) in [6, 6.07) is 71.1. The minimum atomic E-state index is -1.76. The van der Waals surface area contributed by atoms with Gasteiger partial charge in [-0.2, -0.15) is 10.0 Å². The number of piperidine rings is 1. The van der Waals surface area contributed by atoms with Crippen LogP contribution in [0.3, 0.4) is 0 Å². The zero-order chi connectivity index (χ0) is 50.6. The number of halogens is 2. The van der Waals surface area contributed by atoms with Crippen LogP contribution in [0.5, 0.6) is 0 Å². The maximum atomic E-state index is 14.5. The molecule has 2 bridgehead atoms. The number of thioether (sulfide) groups is 1. The number of benzene rings is 7. The van der Waals surface area contributed by atoms with E-state index >= 15 is 0 Å². The highest BCUT2D eigenvalue weighted by Crippen LogP contribution is 2.68. The minimum absolute atomic E-state index is 0.0147. The number of fused-ring (bicyclic) bond motifs is 2. The predicted molar refractivity (Wildman–Crippen MR) is 303 cm³/mol. The zero-order valence-electron chi connectivity index (χ0n) is 41.8. The predicted octanol–water partition coefficient (Wildman–Crippen LogP) is 13.5. The number of nitrogens with one attached hydrogen (secondary N) is 1. The van der Waals surface area contributed by atoms with Gasteiger partial charge >= 0.3 is 0 Å². The normalized spacial score (nSPS) is 18.1. The molecule has 3 unspecified atom stereocenters. The SMILES string of the molecule is CON(C)C(=O)[C@H]1C(c2ccc(Cl)c(Cl)c2)CC2CCC1N2CCCN(CCS(c1ccccc1)(c1ccccc1)c1ccccc1)CC(=O)NCCSC(c1ccccc1)(c1ccccc1)c1ccccc1. The van der Waals surface area contributed by atoms with Gasteiger partial charge in [0.25, 0.3) is 5.91 Å². The molecule has 7 aromatic rings. The number of amides is 2. The summed E-state index contributed by atoms with van der Waals surface area (Å²) in [7, 11) is 1.49. The molecule has 2 fully saturated rings. The minimum Gasteiger partial charge on any atom is -0.354 e. The van der Waals surface area contributed by atoms with Crippen LogP contribution >= 0.6 is 45.0 Å². The van der Waals surface area contributed by atoms with Crippen molar-refractivity contribution < 1.29 is 14.4 Å². The fraction of sp³-hybridized carbons (Fsp3) is 0.290. The quantitative estimate of drug-likeness (QED) is 0.0415. The summed E-state index contributed by atoms with van der Waals surface area (Å²) < 4.78 is -0.475. The molecular formula is C62H66Cl2N4O3S2. The Morgan fingerprint density at radius 2 is 1.19 bits per heavy atom. The number of hydrogen-bond donors (Lipinski definition) is 1. The summed E-state index contributed by atoms with van der Waals surface area (Å²) in [6.45, 7) is 3.03. The van der Waals surface area contributed by atoms with Crippen LogP contribution in [-0.4, -0.2) is 97.1 Å². The maximum absolute atomic E-state index is 14.5. The van der Waals surface area contributed by atoms with E-state index in [1.54, 1.807) is 14.2 Å². The van der Waals surface area contributed by atoms with Crippen LogP contribution in [-0.2, 0) is 19.2 Å². The number of hydrogen-bond acceptors (Lipinski definition) is 6. The van der Waals surface area contributed by atoms with Crippen LogP contribution in [0, 0.1) is 5.92 Å². The topological polar surface area (TPSA) is 65.1 Å². The summed E-state index contributed by atoms with van der Waals surface area (Å²) in [5.74, 6) is 1.20. The molecule has 0 aromatic heterocycles. The lowest BCUT2D eigenvalue weighted by Gasteiger charge is -2.45. The first-order valence-corrected chi connectivity index (χ1v) is 29.1. The smallest absolute Gasteiger partial charge is 0.251 e. The number of carbonyl (C=O) groups excluding carboxylic acids is 2. The average molecular weight is 1050 g/mol. The van der Waals surface area contributed by atoms with E-state index < -0.39 is 14.8 Å². The van der Waals surface area contributed by atoms with Crippen molar-refractivity contribution in [3.05, 3.63) is 232 Å². The van der Waals surface area contributed by atoms with Gasteiger partial charge in [0.1, 0.15) is 0 Å². The molecule has 0 aliphatic carbocycles. The van der Waals surface area contributed by atoms with Crippen LogP contribution in [0.15, 0.2) is 215 Å². The van der Waals surface area contributed by atoms with Gasteiger partial charge in [0, 0.05) is 43.7 Å². The maximum Gasteiger partial charge on any atom is 0.251 e. The summed E-state index contributed by atoms with van der Waals surface area (Å²) in [5.41, 5.74) is 4.63. The van der Waals surface area contributed by atoms with Crippen molar-refractivity contribution in [1.82, 2.24) is 20.2 Å². The van der Waals surface area contributed by atoms with Gasteiger partial charge in [-0.15, -0.1) is 11.8 Å². The highest BCUT2D eigenvalue weighted by molar-refractivity contribution is 8.33. The molecule has 0 saturated carbocycles. The molecule has 2 amide bonds. The monoisotopic (exact) mass is 1050 g/mol. The Morgan fingerprint density at radius 1 is 0.685 bits per heavy atom. The summed E-state index contributed by atoms with van der Waals surface area (Å²) in [6.07, 6.45) is 3.62. The molecule has 2 heterocycles. The van der Waals surface area contributed by atoms with Crippen molar-refractivity contribution in [2.75, 3.05) is 58.4 Å². The average Bonchev–Trinajstić information content (AvgIpc) is 3.72. The van der Waals surface area contributed by atoms with E-state index in [-0.39, 0.29) is 36.2 Å². The lowest BCUT2D eigenvalue weighted by molar-refractivity contribution is -0.178. The molecule has 73 heavy (non-hydrogen) atoms. The van der Waals surface area contributed by atoms with Gasteiger partial charge < -0.3 is 5.32 Å². The Labute approximate surface area is 448 Å². The van der Waals surface area contributed by atoms with Gasteiger partial charge in [0.05, 0.1) is 34.4 Å². The van der Waals surface area contributed by atoms with Crippen molar-refractivity contribution in [3.8, 4) is 0 Å². The van der Waals surface area contributed by atoms with Crippen LogP contribution in [0.25, 0.3) is 0 Å². The molecule has 2 aliphatic heterocycles. The third kappa shape index (κ3) is 11.6. The van der Waals surface area contributed by atoms with Crippen molar-refractivity contribution in [2.45, 2.75) is 63.1 Å². The van der Waals surface area contributed by atoms with E-state index in [2.05, 4.69) is 197 Å². The molecule has 4 atom stereocenters. The molecule has 378 valence electrons. The molecule has 1 N–H and O–H groups in total. The van der Waals surface area contributed by atoms with Gasteiger partial charge in [-0.3, -0.25) is 24.2 Å². The largest absolute Gasteiger partial charge is 0.354 e. The second kappa shape index (κ2) is 24.8. The third-order valence-electron chi connectivity index (χ3n) is 15.0. The highest BCUT2D eigenvalue weighted by atomic mass is 35.5. The lowest BCUT2D eigenvalue weighted by Crippen LogP contribution is -2.53. The fourth-order valence-electron chi connectivity index (χ4n) is 11.5. The van der Waals surface area contributed by atoms with E-state index in [0.29, 0.717) is 34.9 Å². The lowest BCUT2D eigenvalue weighted by atomic mass is 9.75. The number of hydroxylamine groups is 2. The van der Waals surface area contributed by atoms with E-state index in [0.717, 1.165) is 50.1 Å². The second-order valence-corrected chi connectivity index (χ2v) is 24.5. The molecule has 0 radical (unpaired) electrons. The molecule has 0 spiro atoms. The standard InChI is InChI=1S/C62H66Cl2N4O3S2/c1-66(71-2)61(70)60-55(47-34-36-56(63)57(64)44-47)45-51-35-37-58(60)68(51)40-21-39-67(41-43-73(52-28-15-6-16-29-52,53-30-17-7-18-31-53)54-32-19-8-20-33-54)46-59(69)65-38-42-72-62(48-22-9-3-10-23-48,49-24-11-4-12-25-49)50-26-13-5-14-27-50/h3-20,22-34,36,44,51,55,58,60H,21,35,37-43,45-46H2,1-2H3,(H,65,69)/t51?,55?,58?,60-/m0/s1. The molecule has 7 aromatic carbocycles. The first-order valence-electron chi connectivity index (χ1n) is 25.5. The first-order chi connectivity index (χ1) is 35.7. The van der Waals surface area contributed by atoms with Gasteiger partial charge in [-0.25, -0.2) is 5.06 Å². The van der Waals surface area contributed by atoms with Crippen LogP contribution in [0.2, 0.25) is 10.0 Å². The van der Waals surface area contributed by atoms with Crippen LogP contribution < -0.4 is 5.32 Å². The van der Waals surface area contributed by atoms with E-state index in [1.807, 2.05) is 30.0 Å². The van der Waals surface area contributed by atoms with E-state index in [4.69, 9.17) is 28.0 Å². The number of nitrogens with zero attached hydrogens (tertiary/aromatic N) is 3. The van der Waals surface area contributed by atoms with Crippen molar-refractivity contribution in [3.63, 3.8) is 0 Å². The molecule has 2 aliphatic rings. The Balaban J connectivity index is 0.968. The molecule has 7 nitrogen and oxygen atoms in total. The number of rotatable bonds is 22. The second-order valence-electron chi connectivity index (χ2n) is 19.1. The Bertz CT molecular complexity index is 2660. The van der Waals surface area contributed by atoms with E-state index in [1.165, 1.54) is 36.4 Å². The van der Waals surface area contributed by atoms with Crippen molar-refractivity contribution in [2.24, 2.45) is 5.92 Å². The van der Waals surface area contributed by atoms with E-state index in [9.17, 15) is 9.59 Å².